The molecule has 1 aromatic rings. The number of aromatic nitrogens is 2. The summed E-state index contributed by atoms with van der Waals surface area (Å²) < 4.78 is 0. The molecule has 1 heterocycles. The van der Waals surface area contributed by atoms with Crippen LogP contribution >= 0.6 is 23.2 Å². The van der Waals surface area contributed by atoms with Crippen LogP contribution in [0, 0.1) is 5.92 Å². The smallest absolute Gasteiger partial charge is 0.175 e. The normalized spacial score (nSPS) is 15.9. The van der Waals surface area contributed by atoms with Crippen molar-refractivity contribution in [3.63, 3.8) is 0 Å². The first-order valence-electron chi connectivity index (χ1n) is 5.64. The van der Waals surface area contributed by atoms with Gasteiger partial charge in [0.1, 0.15) is 0 Å². The predicted molar refractivity (Wildman–Crippen MR) is 67.3 cm³/mol. The molecular weight excluding hydrogens is 245 g/mol. The molecule has 2 rings (SSSR count). The van der Waals surface area contributed by atoms with E-state index in [1.807, 2.05) is 0 Å². The van der Waals surface area contributed by atoms with Crippen molar-refractivity contribution in [2.45, 2.75) is 26.2 Å². The lowest BCUT2D eigenvalue weighted by Gasteiger charge is -2.33. The van der Waals surface area contributed by atoms with Crippen molar-refractivity contribution < 1.29 is 0 Å². The Morgan fingerprint density at radius 1 is 1.38 bits per heavy atom. The van der Waals surface area contributed by atoms with E-state index in [1.54, 1.807) is 6.07 Å². The summed E-state index contributed by atoms with van der Waals surface area (Å²) in [5, 5.41) is 8.40. The molecule has 1 fully saturated rings. The highest BCUT2D eigenvalue weighted by molar-refractivity contribution is 6.33. The zero-order valence-electron chi connectivity index (χ0n) is 9.29. The molecule has 0 amide bonds. The Bertz CT molecular complexity index is 366. The van der Waals surface area contributed by atoms with Crippen LogP contribution in [0.25, 0.3) is 0 Å². The Kier molecular flexibility index (Phi) is 3.87. The minimum atomic E-state index is 0.395. The zero-order valence-corrected chi connectivity index (χ0v) is 10.8. The van der Waals surface area contributed by atoms with Gasteiger partial charge in [-0.15, -0.1) is 10.2 Å². The van der Waals surface area contributed by atoms with Crippen molar-refractivity contribution in [3.05, 3.63) is 16.4 Å². The molecule has 5 heteroatoms. The van der Waals surface area contributed by atoms with Crippen LogP contribution in [-0.4, -0.2) is 23.3 Å². The molecule has 0 bridgehead atoms. The third kappa shape index (κ3) is 2.58. The Morgan fingerprint density at radius 3 is 2.69 bits per heavy atom. The first-order chi connectivity index (χ1) is 7.70. The van der Waals surface area contributed by atoms with Gasteiger partial charge in [-0.3, -0.25) is 0 Å². The van der Waals surface area contributed by atoms with Gasteiger partial charge in [0, 0.05) is 19.2 Å². The quantitative estimate of drug-likeness (QED) is 0.830. The number of nitrogens with zero attached hydrogens (tertiary/aromatic N) is 3. The standard InChI is InChI=1S/C11H15Cl2N3/c1-2-16(7-8-4-3-5-8)9-6-10(12)14-15-11(9)13/h6,8H,2-5,7H2,1H3. The third-order valence-corrected chi connectivity index (χ3v) is 3.58. The van der Waals surface area contributed by atoms with Gasteiger partial charge in [0.05, 0.1) is 5.69 Å². The van der Waals surface area contributed by atoms with Crippen LogP contribution in [0.2, 0.25) is 10.3 Å². The molecule has 0 saturated heterocycles. The predicted octanol–water partition coefficient (Wildman–Crippen LogP) is 3.41. The van der Waals surface area contributed by atoms with Crippen molar-refractivity contribution in [2.24, 2.45) is 5.92 Å². The van der Waals surface area contributed by atoms with Crippen molar-refractivity contribution >= 4 is 28.9 Å². The van der Waals surface area contributed by atoms with Gasteiger partial charge >= 0.3 is 0 Å². The molecule has 3 nitrogen and oxygen atoms in total. The maximum absolute atomic E-state index is 6.04. The van der Waals surface area contributed by atoms with Crippen LogP contribution in [0.5, 0.6) is 0 Å². The fourth-order valence-corrected chi connectivity index (χ4v) is 2.30. The van der Waals surface area contributed by atoms with Gasteiger partial charge in [0.2, 0.25) is 0 Å². The molecule has 0 unspecified atom stereocenters. The van der Waals surface area contributed by atoms with Gasteiger partial charge in [-0.05, 0) is 25.7 Å². The molecule has 0 spiro atoms. The van der Waals surface area contributed by atoms with Crippen LogP contribution in [0.4, 0.5) is 5.69 Å². The Morgan fingerprint density at radius 2 is 2.12 bits per heavy atom. The van der Waals surface area contributed by atoms with E-state index in [0.29, 0.717) is 10.3 Å². The molecular formula is C11H15Cl2N3. The Labute approximate surface area is 106 Å². The van der Waals surface area contributed by atoms with E-state index in [1.165, 1.54) is 19.3 Å². The summed E-state index contributed by atoms with van der Waals surface area (Å²) in [6, 6.07) is 1.79. The highest BCUT2D eigenvalue weighted by atomic mass is 35.5. The largest absolute Gasteiger partial charge is 0.369 e. The number of rotatable bonds is 4. The maximum Gasteiger partial charge on any atom is 0.175 e. The zero-order chi connectivity index (χ0) is 11.5. The van der Waals surface area contributed by atoms with E-state index in [9.17, 15) is 0 Å². The molecule has 0 N–H and O–H groups in total. The summed E-state index contributed by atoms with van der Waals surface area (Å²) in [5.41, 5.74) is 0.899. The molecule has 1 saturated carbocycles. The highest BCUT2D eigenvalue weighted by Crippen LogP contribution is 2.31. The summed E-state index contributed by atoms with van der Waals surface area (Å²) >= 11 is 11.9. The van der Waals surface area contributed by atoms with Gasteiger partial charge in [-0.1, -0.05) is 29.6 Å². The molecule has 0 radical (unpaired) electrons. The first-order valence-corrected chi connectivity index (χ1v) is 6.40. The van der Waals surface area contributed by atoms with Crippen LogP contribution in [0.15, 0.2) is 6.07 Å². The fourth-order valence-electron chi connectivity index (χ4n) is 1.95. The Hall–Kier alpha value is -0.540. The van der Waals surface area contributed by atoms with Crippen molar-refractivity contribution in [1.29, 1.82) is 0 Å². The average molecular weight is 260 g/mol. The highest BCUT2D eigenvalue weighted by Gasteiger charge is 2.21. The van der Waals surface area contributed by atoms with E-state index in [4.69, 9.17) is 23.2 Å². The maximum atomic E-state index is 6.04. The van der Waals surface area contributed by atoms with Crippen molar-refractivity contribution in [3.8, 4) is 0 Å². The van der Waals surface area contributed by atoms with E-state index in [0.717, 1.165) is 24.7 Å². The fraction of sp³-hybridized carbons (Fsp3) is 0.636. The summed E-state index contributed by atoms with van der Waals surface area (Å²) in [6.07, 6.45) is 3.99. The molecule has 0 aliphatic heterocycles. The van der Waals surface area contributed by atoms with Gasteiger partial charge in [0.25, 0.3) is 0 Å². The van der Waals surface area contributed by atoms with Gasteiger partial charge in [0.15, 0.2) is 10.3 Å². The van der Waals surface area contributed by atoms with E-state index >= 15 is 0 Å². The summed E-state index contributed by atoms with van der Waals surface area (Å²) in [6.45, 7) is 4.07. The van der Waals surface area contributed by atoms with Crippen molar-refractivity contribution in [1.82, 2.24) is 10.2 Å². The number of hydrogen-bond acceptors (Lipinski definition) is 3. The van der Waals surface area contributed by atoms with Crippen molar-refractivity contribution in [2.75, 3.05) is 18.0 Å². The number of anilines is 1. The lowest BCUT2D eigenvalue weighted by Crippen LogP contribution is -2.32. The molecule has 88 valence electrons. The second-order valence-corrected chi connectivity index (χ2v) is 4.92. The average Bonchev–Trinajstić information content (AvgIpc) is 2.21. The molecule has 1 aliphatic carbocycles. The first kappa shape index (κ1) is 11.9. The monoisotopic (exact) mass is 259 g/mol. The number of hydrogen-bond donors (Lipinski definition) is 0. The van der Waals surface area contributed by atoms with Crippen LogP contribution in [-0.2, 0) is 0 Å². The van der Waals surface area contributed by atoms with E-state index < -0.39 is 0 Å². The molecule has 1 aromatic heterocycles. The molecule has 1 aliphatic rings. The lowest BCUT2D eigenvalue weighted by atomic mass is 9.85. The van der Waals surface area contributed by atoms with E-state index in [-0.39, 0.29) is 0 Å². The van der Waals surface area contributed by atoms with Crippen LogP contribution in [0.3, 0.4) is 0 Å². The SMILES string of the molecule is CCN(CC1CCC1)c1cc(Cl)nnc1Cl. The molecule has 0 atom stereocenters. The van der Waals surface area contributed by atoms with Crippen LogP contribution < -0.4 is 4.90 Å². The van der Waals surface area contributed by atoms with E-state index in [2.05, 4.69) is 22.0 Å². The minimum absolute atomic E-state index is 0.395. The number of halogens is 2. The summed E-state index contributed by atoms with van der Waals surface area (Å²) in [5.74, 6) is 0.794. The van der Waals surface area contributed by atoms with Gasteiger partial charge in [-0.25, -0.2) is 0 Å². The van der Waals surface area contributed by atoms with Gasteiger partial charge in [-0.2, -0.15) is 0 Å². The second-order valence-electron chi connectivity index (χ2n) is 4.18. The Balaban J connectivity index is 2.14. The van der Waals surface area contributed by atoms with Gasteiger partial charge < -0.3 is 4.90 Å². The molecule has 16 heavy (non-hydrogen) atoms. The molecule has 0 aromatic carbocycles. The van der Waals surface area contributed by atoms with Crippen LogP contribution in [0.1, 0.15) is 26.2 Å². The topological polar surface area (TPSA) is 29.0 Å². The lowest BCUT2D eigenvalue weighted by molar-refractivity contribution is 0.318. The summed E-state index contributed by atoms with van der Waals surface area (Å²) in [7, 11) is 0. The second kappa shape index (κ2) is 5.19. The summed E-state index contributed by atoms with van der Waals surface area (Å²) in [4.78, 5) is 2.23. The minimum Gasteiger partial charge on any atom is -0.369 e. The third-order valence-electron chi connectivity index (χ3n) is 3.13.